The van der Waals surface area contributed by atoms with Gasteiger partial charge in [-0.2, -0.15) is 5.26 Å². The number of nitro groups is 1. The first-order chi connectivity index (χ1) is 8.99. The number of benzene rings is 1. The van der Waals surface area contributed by atoms with Crippen molar-refractivity contribution >= 4 is 36.6 Å². The Morgan fingerprint density at radius 1 is 1.40 bits per heavy atom. The first-order valence-corrected chi connectivity index (χ1v) is 10.1. The maximum absolute atomic E-state index is 11.2. The summed E-state index contributed by atoms with van der Waals surface area (Å²) in [5.41, 5.74) is 0.127. The molecule has 1 aromatic rings. The molecule has 0 aliphatic rings. The van der Waals surface area contributed by atoms with Crippen LogP contribution in [-0.4, -0.2) is 13.2 Å². The molecule has 0 aliphatic carbocycles. The predicted octanol–water partition coefficient (Wildman–Crippen LogP) is 4.46. The van der Waals surface area contributed by atoms with E-state index in [1.165, 1.54) is 6.07 Å². The molecular weight excluding hydrogens is 387 g/mol. The molecule has 5 nitrogen and oxygen atoms in total. The third-order valence-corrected chi connectivity index (χ3v) is 8.64. The molecule has 20 heavy (non-hydrogen) atoms. The largest absolute Gasteiger partial charge is 0.538 e. The predicted molar refractivity (Wildman–Crippen MR) is 88.4 cm³/mol. The minimum Gasteiger partial charge on any atom is -0.538 e. The summed E-state index contributed by atoms with van der Waals surface area (Å²) in [5, 5.41) is 20.1. The zero-order valence-electron chi connectivity index (χ0n) is 12.2. The number of rotatable bonds is 3. The van der Waals surface area contributed by atoms with Crippen LogP contribution in [0, 0.1) is 25.0 Å². The summed E-state index contributed by atoms with van der Waals surface area (Å²) in [5.74, 6) is 0.279. The van der Waals surface area contributed by atoms with Crippen LogP contribution in [0.25, 0.3) is 0 Å². The zero-order chi connectivity index (χ0) is 15.7. The van der Waals surface area contributed by atoms with E-state index < -0.39 is 13.2 Å². The molecule has 0 unspecified atom stereocenters. The summed E-state index contributed by atoms with van der Waals surface area (Å²) in [6.07, 6.45) is 0. The summed E-state index contributed by atoms with van der Waals surface area (Å²) < 4.78 is 6.66. The molecule has 0 aliphatic heterocycles. The van der Waals surface area contributed by atoms with Gasteiger partial charge in [0.25, 0.3) is 8.32 Å². The highest BCUT2D eigenvalue weighted by atomic mass is 127. The van der Waals surface area contributed by atoms with E-state index in [-0.39, 0.29) is 22.0 Å². The second-order valence-corrected chi connectivity index (χ2v) is 11.9. The van der Waals surface area contributed by atoms with Crippen molar-refractivity contribution in [2.24, 2.45) is 0 Å². The number of nitrogens with zero attached hydrogens (tertiary/aromatic N) is 2. The highest BCUT2D eigenvalue weighted by molar-refractivity contribution is 14.1. The van der Waals surface area contributed by atoms with Crippen LogP contribution < -0.4 is 4.43 Å². The van der Waals surface area contributed by atoms with Crippen molar-refractivity contribution in [3.8, 4) is 11.8 Å². The topological polar surface area (TPSA) is 76.2 Å². The van der Waals surface area contributed by atoms with E-state index in [0.717, 1.165) is 0 Å². The summed E-state index contributed by atoms with van der Waals surface area (Å²) >= 11 is 1.98. The quantitative estimate of drug-likeness (QED) is 0.323. The van der Waals surface area contributed by atoms with Crippen molar-refractivity contribution < 1.29 is 9.35 Å². The van der Waals surface area contributed by atoms with Gasteiger partial charge in [0.1, 0.15) is 0 Å². The molecule has 1 rings (SSSR count). The molecule has 108 valence electrons. The van der Waals surface area contributed by atoms with Crippen LogP contribution in [0.3, 0.4) is 0 Å². The molecule has 7 heteroatoms. The lowest BCUT2D eigenvalue weighted by Crippen LogP contribution is -2.44. The lowest BCUT2D eigenvalue weighted by atomic mass is 10.2. The Kier molecular flexibility index (Phi) is 4.81. The Hall–Kier alpha value is -1.14. The second kappa shape index (κ2) is 5.69. The van der Waals surface area contributed by atoms with Gasteiger partial charge in [-0.05, 0) is 46.8 Å². The molecule has 0 bridgehead atoms. The molecule has 0 radical (unpaired) electrons. The Bertz CT molecular complexity index is 589. The minimum absolute atomic E-state index is 0.0577. The molecule has 1 aromatic carbocycles. The monoisotopic (exact) mass is 404 g/mol. The normalized spacial score (nSPS) is 11.8. The number of nitriles is 1. The van der Waals surface area contributed by atoms with Crippen LogP contribution in [0.4, 0.5) is 5.69 Å². The number of hydrogen-bond donors (Lipinski definition) is 0. The third kappa shape index (κ3) is 3.49. The van der Waals surface area contributed by atoms with Gasteiger partial charge in [0, 0.05) is 6.07 Å². The van der Waals surface area contributed by atoms with E-state index in [0.29, 0.717) is 3.57 Å². The Labute approximate surface area is 133 Å². The van der Waals surface area contributed by atoms with Crippen molar-refractivity contribution in [1.82, 2.24) is 0 Å². The Balaban J connectivity index is 3.39. The second-order valence-electron chi connectivity index (χ2n) is 6.04. The highest BCUT2D eigenvalue weighted by Crippen LogP contribution is 2.42. The Morgan fingerprint density at radius 3 is 2.35 bits per heavy atom. The summed E-state index contributed by atoms with van der Waals surface area (Å²) in [7, 11) is -2.17. The van der Waals surface area contributed by atoms with Crippen LogP contribution in [-0.2, 0) is 0 Å². The van der Waals surface area contributed by atoms with Gasteiger partial charge in [0.2, 0.25) is 0 Å². The first-order valence-electron chi connectivity index (χ1n) is 6.06. The lowest BCUT2D eigenvalue weighted by molar-refractivity contribution is -0.385. The molecule has 0 saturated carbocycles. The summed E-state index contributed by atoms with van der Waals surface area (Å²) in [6, 6.07) is 4.81. The fourth-order valence-electron chi connectivity index (χ4n) is 1.29. The summed E-state index contributed by atoms with van der Waals surface area (Å²) in [6.45, 7) is 10.3. The van der Waals surface area contributed by atoms with Gasteiger partial charge in [0.15, 0.2) is 5.75 Å². The third-order valence-electron chi connectivity index (χ3n) is 3.51. The first kappa shape index (κ1) is 16.9. The molecule has 0 atom stereocenters. The fourth-order valence-corrected chi connectivity index (χ4v) is 3.25. The highest BCUT2D eigenvalue weighted by Gasteiger charge is 2.41. The molecular formula is C13H17IN2O3Si. The molecule has 0 N–H and O–H groups in total. The molecule has 0 saturated heterocycles. The molecule has 0 amide bonds. The van der Waals surface area contributed by atoms with E-state index in [4.69, 9.17) is 9.69 Å². The zero-order valence-corrected chi connectivity index (χ0v) is 15.3. The molecule has 0 spiro atoms. The molecule has 0 fully saturated rings. The van der Waals surface area contributed by atoms with Crippen LogP contribution in [0.2, 0.25) is 18.1 Å². The van der Waals surface area contributed by atoms with Crippen LogP contribution in [0.1, 0.15) is 26.3 Å². The standard InChI is InChI=1S/C13H17IN2O3Si/c1-13(2,3)20(4,5)19-12-10(14)6-9(8-15)7-11(12)16(17)18/h6-7H,1-5H3. The van der Waals surface area contributed by atoms with Crippen molar-refractivity contribution in [1.29, 1.82) is 5.26 Å². The van der Waals surface area contributed by atoms with Gasteiger partial charge in [-0.1, -0.05) is 20.8 Å². The lowest BCUT2D eigenvalue weighted by Gasteiger charge is -2.36. The van der Waals surface area contributed by atoms with Crippen LogP contribution in [0.15, 0.2) is 12.1 Å². The van der Waals surface area contributed by atoms with Gasteiger partial charge in [-0.3, -0.25) is 10.1 Å². The van der Waals surface area contributed by atoms with Crippen LogP contribution in [0.5, 0.6) is 5.75 Å². The number of halogens is 1. The van der Waals surface area contributed by atoms with Crippen molar-refractivity contribution in [3.63, 3.8) is 0 Å². The van der Waals surface area contributed by atoms with E-state index in [1.807, 2.05) is 41.8 Å². The van der Waals surface area contributed by atoms with Gasteiger partial charge in [-0.15, -0.1) is 0 Å². The van der Waals surface area contributed by atoms with Gasteiger partial charge in [-0.25, -0.2) is 0 Å². The van der Waals surface area contributed by atoms with E-state index >= 15 is 0 Å². The van der Waals surface area contributed by atoms with E-state index in [9.17, 15) is 10.1 Å². The average molecular weight is 404 g/mol. The Morgan fingerprint density at radius 2 is 1.95 bits per heavy atom. The fraction of sp³-hybridized carbons (Fsp3) is 0.462. The van der Waals surface area contributed by atoms with Crippen molar-refractivity contribution in [2.45, 2.75) is 38.9 Å². The molecule has 0 aromatic heterocycles. The maximum Gasteiger partial charge on any atom is 0.312 e. The smallest absolute Gasteiger partial charge is 0.312 e. The number of hydrogen-bond acceptors (Lipinski definition) is 4. The van der Waals surface area contributed by atoms with E-state index in [1.54, 1.807) is 6.07 Å². The van der Waals surface area contributed by atoms with Crippen LogP contribution >= 0.6 is 22.6 Å². The van der Waals surface area contributed by atoms with E-state index in [2.05, 4.69) is 20.8 Å². The SMILES string of the molecule is CC(C)(C)[Si](C)(C)Oc1c(I)cc(C#N)cc1[N+](=O)[O-]. The molecule has 0 heterocycles. The summed E-state index contributed by atoms with van der Waals surface area (Å²) in [4.78, 5) is 10.7. The minimum atomic E-state index is -2.17. The van der Waals surface area contributed by atoms with Gasteiger partial charge >= 0.3 is 5.69 Å². The van der Waals surface area contributed by atoms with Crippen molar-refractivity contribution in [3.05, 3.63) is 31.4 Å². The van der Waals surface area contributed by atoms with Crippen molar-refractivity contribution in [2.75, 3.05) is 0 Å². The average Bonchev–Trinajstić information content (AvgIpc) is 2.29. The maximum atomic E-state index is 11.2. The van der Waals surface area contributed by atoms with Gasteiger partial charge in [0.05, 0.1) is 20.1 Å². The van der Waals surface area contributed by atoms with Gasteiger partial charge < -0.3 is 4.43 Å². The number of nitro benzene ring substituents is 1.